The first kappa shape index (κ1) is 23.5. The highest BCUT2D eigenvalue weighted by Gasteiger charge is 2.15. The molecule has 6 nitrogen and oxygen atoms in total. The number of nitrogens with zero attached hydrogens (tertiary/aromatic N) is 1. The number of carbonyl (C=O) groups is 1. The van der Waals surface area contributed by atoms with E-state index in [-0.39, 0.29) is 10.8 Å². The van der Waals surface area contributed by atoms with Crippen LogP contribution in [0.15, 0.2) is 83.8 Å². The van der Waals surface area contributed by atoms with Gasteiger partial charge in [0.1, 0.15) is 0 Å². The maximum absolute atomic E-state index is 12.8. The minimum absolute atomic E-state index is 0.166. The van der Waals surface area contributed by atoms with E-state index in [9.17, 15) is 13.2 Å². The van der Waals surface area contributed by atoms with Gasteiger partial charge in [0, 0.05) is 24.3 Å². The topological polar surface area (TPSA) is 78.5 Å². The van der Waals surface area contributed by atoms with Gasteiger partial charge in [-0.15, -0.1) is 0 Å². The van der Waals surface area contributed by atoms with Gasteiger partial charge in [-0.3, -0.25) is 14.4 Å². The Balaban J connectivity index is 1.69. The van der Waals surface area contributed by atoms with E-state index in [1.165, 1.54) is 23.8 Å². The zero-order valence-corrected chi connectivity index (χ0v) is 19.2. The number of nitrogens with one attached hydrogen (secondary N) is 2. The Morgan fingerprint density at radius 3 is 2.19 bits per heavy atom. The van der Waals surface area contributed by atoms with Gasteiger partial charge in [0.05, 0.1) is 4.90 Å². The van der Waals surface area contributed by atoms with Crippen LogP contribution in [-0.2, 0) is 23.1 Å². The fourth-order valence-electron chi connectivity index (χ4n) is 3.39. The van der Waals surface area contributed by atoms with Crippen molar-refractivity contribution in [3.05, 3.63) is 95.6 Å². The predicted molar refractivity (Wildman–Crippen MR) is 128 cm³/mol. The van der Waals surface area contributed by atoms with Crippen molar-refractivity contribution >= 4 is 21.6 Å². The molecule has 0 aliphatic heterocycles. The van der Waals surface area contributed by atoms with Crippen LogP contribution in [0.5, 0.6) is 0 Å². The minimum Gasteiger partial charge on any atom is -0.348 e. The Morgan fingerprint density at radius 2 is 1.50 bits per heavy atom. The number of benzene rings is 3. The molecule has 0 spiro atoms. The Kier molecular flexibility index (Phi) is 8.03. The van der Waals surface area contributed by atoms with Crippen molar-refractivity contribution in [3.63, 3.8) is 0 Å². The van der Waals surface area contributed by atoms with Gasteiger partial charge in [0.25, 0.3) is 15.9 Å². The third kappa shape index (κ3) is 6.18. The van der Waals surface area contributed by atoms with E-state index in [2.05, 4.69) is 34.9 Å². The van der Waals surface area contributed by atoms with Crippen LogP contribution in [0, 0.1) is 0 Å². The first-order chi connectivity index (χ1) is 15.4. The third-order valence-corrected chi connectivity index (χ3v) is 6.67. The first-order valence-electron chi connectivity index (χ1n) is 10.7. The molecule has 0 bridgehead atoms. The summed E-state index contributed by atoms with van der Waals surface area (Å²) in [6.45, 7) is 7.41. The molecule has 0 saturated heterocycles. The highest BCUT2D eigenvalue weighted by molar-refractivity contribution is 7.92. The van der Waals surface area contributed by atoms with Crippen LogP contribution in [0.2, 0.25) is 0 Å². The minimum atomic E-state index is -3.72. The standard InChI is InChI=1S/C25H29N3O3S/c1-3-28(4-2)19-22-12-9-8-11-21(22)18-26-25(29)20-13-10-14-23(17-20)27-32(30,31)24-15-6-5-7-16-24/h5-17,27H,3-4,18-19H2,1-2H3,(H,26,29). The van der Waals surface area contributed by atoms with E-state index >= 15 is 0 Å². The first-order valence-corrected chi connectivity index (χ1v) is 12.2. The molecule has 32 heavy (non-hydrogen) atoms. The normalized spacial score (nSPS) is 11.3. The van der Waals surface area contributed by atoms with E-state index in [1.54, 1.807) is 36.4 Å². The molecule has 0 unspecified atom stereocenters. The SMILES string of the molecule is CCN(CC)Cc1ccccc1CNC(=O)c1cccc(NS(=O)(=O)c2ccccc2)c1. The second kappa shape index (κ2) is 10.9. The quantitative estimate of drug-likeness (QED) is 0.483. The fraction of sp³-hybridized carbons (Fsp3) is 0.240. The number of sulfonamides is 1. The maximum atomic E-state index is 12.8. The Bertz CT molecular complexity index is 1140. The van der Waals surface area contributed by atoms with E-state index in [1.807, 2.05) is 18.2 Å². The van der Waals surface area contributed by atoms with E-state index in [0.717, 1.165) is 25.2 Å². The van der Waals surface area contributed by atoms with Gasteiger partial charge in [0.2, 0.25) is 0 Å². The molecule has 0 aliphatic rings. The number of anilines is 1. The monoisotopic (exact) mass is 451 g/mol. The molecule has 3 rings (SSSR count). The van der Waals surface area contributed by atoms with E-state index in [0.29, 0.717) is 17.8 Å². The van der Waals surface area contributed by atoms with Crippen molar-refractivity contribution in [3.8, 4) is 0 Å². The van der Waals surface area contributed by atoms with Gasteiger partial charge >= 0.3 is 0 Å². The smallest absolute Gasteiger partial charge is 0.261 e. The molecular weight excluding hydrogens is 422 g/mol. The lowest BCUT2D eigenvalue weighted by Gasteiger charge is -2.20. The Morgan fingerprint density at radius 1 is 0.844 bits per heavy atom. The predicted octanol–water partition coefficient (Wildman–Crippen LogP) is 4.26. The lowest BCUT2D eigenvalue weighted by atomic mass is 10.1. The molecule has 168 valence electrons. The maximum Gasteiger partial charge on any atom is 0.261 e. The number of hydrogen-bond donors (Lipinski definition) is 2. The van der Waals surface area contributed by atoms with Gasteiger partial charge in [-0.1, -0.05) is 62.4 Å². The fourth-order valence-corrected chi connectivity index (χ4v) is 4.46. The lowest BCUT2D eigenvalue weighted by molar-refractivity contribution is 0.0950. The summed E-state index contributed by atoms with van der Waals surface area (Å²) in [5.41, 5.74) is 2.97. The molecule has 0 saturated carbocycles. The molecule has 0 radical (unpaired) electrons. The molecule has 0 fully saturated rings. The lowest BCUT2D eigenvalue weighted by Crippen LogP contribution is -2.26. The molecule has 7 heteroatoms. The molecular formula is C25H29N3O3S. The van der Waals surface area contributed by atoms with Gasteiger partial charge in [-0.25, -0.2) is 8.42 Å². The zero-order chi connectivity index (χ0) is 23.0. The van der Waals surface area contributed by atoms with Crippen LogP contribution in [0.4, 0.5) is 5.69 Å². The average molecular weight is 452 g/mol. The van der Waals surface area contributed by atoms with Crippen LogP contribution in [0.1, 0.15) is 35.3 Å². The Labute approximate surface area is 190 Å². The van der Waals surface area contributed by atoms with E-state index in [4.69, 9.17) is 0 Å². The molecule has 0 atom stereocenters. The number of hydrogen-bond acceptors (Lipinski definition) is 4. The summed E-state index contributed by atoms with van der Waals surface area (Å²) in [6.07, 6.45) is 0. The highest BCUT2D eigenvalue weighted by atomic mass is 32.2. The molecule has 2 N–H and O–H groups in total. The molecule has 3 aromatic carbocycles. The van der Waals surface area contributed by atoms with Crippen LogP contribution < -0.4 is 10.0 Å². The van der Waals surface area contributed by atoms with Crippen molar-refractivity contribution in [2.45, 2.75) is 31.8 Å². The van der Waals surface area contributed by atoms with Crippen molar-refractivity contribution < 1.29 is 13.2 Å². The summed E-state index contributed by atoms with van der Waals surface area (Å²) in [5.74, 6) is -0.261. The van der Waals surface area contributed by atoms with Crippen molar-refractivity contribution in [1.82, 2.24) is 10.2 Å². The van der Waals surface area contributed by atoms with Gasteiger partial charge < -0.3 is 5.32 Å². The van der Waals surface area contributed by atoms with Crippen LogP contribution in [0.25, 0.3) is 0 Å². The van der Waals surface area contributed by atoms with Crippen molar-refractivity contribution in [1.29, 1.82) is 0 Å². The summed E-state index contributed by atoms with van der Waals surface area (Å²) in [7, 11) is -3.72. The summed E-state index contributed by atoms with van der Waals surface area (Å²) >= 11 is 0. The second-order valence-corrected chi connectivity index (χ2v) is 9.09. The number of carbonyl (C=O) groups excluding carboxylic acids is 1. The number of rotatable bonds is 10. The summed E-state index contributed by atoms with van der Waals surface area (Å²) in [6, 6.07) is 22.7. The highest BCUT2D eigenvalue weighted by Crippen LogP contribution is 2.18. The third-order valence-electron chi connectivity index (χ3n) is 5.28. The van der Waals surface area contributed by atoms with Crippen molar-refractivity contribution in [2.24, 2.45) is 0 Å². The Hall–Kier alpha value is -3.16. The van der Waals surface area contributed by atoms with Gasteiger partial charge in [-0.2, -0.15) is 0 Å². The largest absolute Gasteiger partial charge is 0.348 e. The molecule has 1 amide bonds. The molecule has 3 aromatic rings. The number of amides is 1. The molecule has 0 heterocycles. The van der Waals surface area contributed by atoms with Crippen LogP contribution in [0.3, 0.4) is 0 Å². The zero-order valence-electron chi connectivity index (χ0n) is 18.4. The molecule has 0 aromatic heterocycles. The van der Waals surface area contributed by atoms with Crippen LogP contribution >= 0.6 is 0 Å². The van der Waals surface area contributed by atoms with Gasteiger partial charge in [-0.05, 0) is 54.5 Å². The second-order valence-electron chi connectivity index (χ2n) is 7.41. The van der Waals surface area contributed by atoms with E-state index < -0.39 is 10.0 Å². The van der Waals surface area contributed by atoms with Crippen molar-refractivity contribution in [2.75, 3.05) is 17.8 Å². The average Bonchev–Trinajstić information content (AvgIpc) is 2.82. The van der Waals surface area contributed by atoms with Crippen LogP contribution in [-0.4, -0.2) is 32.3 Å². The molecule has 0 aliphatic carbocycles. The summed E-state index contributed by atoms with van der Waals surface area (Å²) in [5, 5.41) is 2.95. The summed E-state index contributed by atoms with van der Waals surface area (Å²) < 4.78 is 27.6. The summed E-state index contributed by atoms with van der Waals surface area (Å²) in [4.78, 5) is 15.2. The van der Waals surface area contributed by atoms with Gasteiger partial charge in [0.15, 0.2) is 0 Å².